The van der Waals surface area contributed by atoms with Crippen LogP contribution in [0.1, 0.15) is 17.3 Å². The van der Waals surface area contributed by atoms with Gasteiger partial charge in [0.1, 0.15) is 0 Å². The number of para-hydroxylation sites is 2. The zero-order valence-electron chi connectivity index (χ0n) is 15.5. The predicted molar refractivity (Wildman–Crippen MR) is 105 cm³/mol. The van der Waals surface area contributed by atoms with Gasteiger partial charge >= 0.3 is 12.1 Å². The molecular weight excluding hydrogens is 425 g/mol. The van der Waals surface area contributed by atoms with E-state index in [-0.39, 0.29) is 11.3 Å². The molecule has 0 aliphatic carbocycles. The van der Waals surface area contributed by atoms with E-state index >= 15 is 0 Å². The fraction of sp³-hybridized carbons (Fsp3) is 0.150. The fourth-order valence-electron chi connectivity index (χ4n) is 2.16. The molecule has 0 aliphatic heterocycles. The largest absolute Gasteiger partial charge is 0.454 e. The molecule has 0 radical (unpaired) electrons. The molecule has 1 atom stereocenters. The van der Waals surface area contributed by atoms with Crippen molar-refractivity contribution in [1.82, 2.24) is 0 Å². The number of anilines is 2. The number of hydrogen-bond donors (Lipinski definition) is 2. The molecule has 1 amide bonds. The third-order valence-corrected chi connectivity index (χ3v) is 4.01. The van der Waals surface area contributed by atoms with Crippen molar-refractivity contribution < 1.29 is 32.3 Å². The van der Waals surface area contributed by atoms with Crippen LogP contribution in [0.3, 0.4) is 0 Å². The van der Waals surface area contributed by atoms with Gasteiger partial charge in [0.15, 0.2) is 6.10 Å². The van der Waals surface area contributed by atoms with Crippen molar-refractivity contribution in [3.8, 4) is 0 Å². The smallest absolute Gasteiger partial charge is 0.449 e. The first-order chi connectivity index (χ1) is 14.1. The number of nitrogens with one attached hydrogen (secondary N) is 2. The van der Waals surface area contributed by atoms with Gasteiger partial charge in [-0.3, -0.25) is 9.59 Å². The summed E-state index contributed by atoms with van der Waals surface area (Å²) in [6, 6.07) is 12.3. The van der Waals surface area contributed by atoms with Gasteiger partial charge < -0.3 is 15.4 Å². The molecule has 1 unspecified atom stereocenters. The molecular formula is C20H16ClF3N2O4. The summed E-state index contributed by atoms with van der Waals surface area (Å²) < 4.78 is 41.8. The Kier molecular flexibility index (Phi) is 7.60. The minimum atomic E-state index is -5.00. The number of amides is 1. The number of rotatable bonds is 7. The van der Waals surface area contributed by atoms with Crippen LogP contribution in [0.5, 0.6) is 0 Å². The van der Waals surface area contributed by atoms with Crippen molar-refractivity contribution >= 4 is 40.6 Å². The average molecular weight is 441 g/mol. The number of ether oxygens (including phenoxy) is 1. The van der Waals surface area contributed by atoms with Crippen LogP contribution in [-0.4, -0.2) is 29.9 Å². The molecule has 0 aliphatic rings. The highest BCUT2D eigenvalue weighted by atomic mass is 35.5. The van der Waals surface area contributed by atoms with Gasteiger partial charge in [0.25, 0.3) is 11.7 Å². The number of carbonyl (C=O) groups is 3. The SMILES string of the molecule is CC(OC(=O)c1ccccc1N/C=C/C(=O)C(F)(F)F)C(=O)Nc1ccccc1Cl. The quantitative estimate of drug-likeness (QED) is 0.486. The molecule has 2 rings (SSSR count). The van der Waals surface area contributed by atoms with E-state index in [2.05, 4.69) is 10.6 Å². The molecule has 30 heavy (non-hydrogen) atoms. The molecule has 0 spiro atoms. The lowest BCUT2D eigenvalue weighted by molar-refractivity contribution is -0.165. The molecule has 2 aromatic rings. The van der Waals surface area contributed by atoms with Gasteiger partial charge in [-0.1, -0.05) is 35.9 Å². The highest BCUT2D eigenvalue weighted by molar-refractivity contribution is 6.33. The molecule has 2 aromatic carbocycles. The third kappa shape index (κ3) is 6.35. The van der Waals surface area contributed by atoms with Crippen LogP contribution in [0, 0.1) is 0 Å². The van der Waals surface area contributed by atoms with Crippen LogP contribution in [0.4, 0.5) is 24.5 Å². The van der Waals surface area contributed by atoms with E-state index in [9.17, 15) is 27.6 Å². The van der Waals surface area contributed by atoms with Crippen LogP contribution < -0.4 is 10.6 Å². The first-order valence-electron chi connectivity index (χ1n) is 8.49. The highest BCUT2D eigenvalue weighted by Gasteiger charge is 2.36. The zero-order chi connectivity index (χ0) is 22.3. The molecule has 2 N–H and O–H groups in total. The highest BCUT2D eigenvalue weighted by Crippen LogP contribution is 2.22. The van der Waals surface area contributed by atoms with Gasteiger partial charge in [0, 0.05) is 12.3 Å². The summed E-state index contributed by atoms with van der Waals surface area (Å²) in [4.78, 5) is 35.5. The van der Waals surface area contributed by atoms with E-state index in [1.165, 1.54) is 31.2 Å². The minimum absolute atomic E-state index is 0.0426. The van der Waals surface area contributed by atoms with Gasteiger partial charge in [-0.15, -0.1) is 0 Å². The van der Waals surface area contributed by atoms with Crippen molar-refractivity contribution in [3.63, 3.8) is 0 Å². The number of ketones is 1. The van der Waals surface area contributed by atoms with Gasteiger partial charge in [-0.2, -0.15) is 13.2 Å². The lowest BCUT2D eigenvalue weighted by atomic mass is 10.2. The van der Waals surface area contributed by atoms with Crippen molar-refractivity contribution in [1.29, 1.82) is 0 Å². The Balaban J connectivity index is 2.04. The maximum absolute atomic E-state index is 12.4. The summed E-state index contributed by atoms with van der Waals surface area (Å²) in [5.74, 6) is -3.58. The van der Waals surface area contributed by atoms with Crippen molar-refractivity contribution in [2.24, 2.45) is 0 Å². The van der Waals surface area contributed by atoms with Crippen LogP contribution in [0.25, 0.3) is 0 Å². The van der Waals surface area contributed by atoms with E-state index in [4.69, 9.17) is 16.3 Å². The predicted octanol–water partition coefficient (Wildman–Crippen LogP) is 4.58. The first kappa shape index (κ1) is 23.0. The number of alkyl halides is 3. The minimum Gasteiger partial charge on any atom is -0.449 e. The Morgan fingerprint density at radius 3 is 2.27 bits per heavy atom. The summed E-state index contributed by atoms with van der Waals surface area (Å²) in [5, 5.41) is 5.25. The molecule has 6 nitrogen and oxygen atoms in total. The second-order valence-corrected chi connectivity index (χ2v) is 6.31. The Bertz CT molecular complexity index is 977. The number of carbonyl (C=O) groups excluding carboxylic acids is 3. The molecule has 0 bridgehead atoms. The van der Waals surface area contributed by atoms with Crippen molar-refractivity contribution in [2.75, 3.05) is 10.6 Å². The molecule has 10 heteroatoms. The standard InChI is InChI=1S/C20H16ClF3N2O4/c1-12(18(28)26-16-9-5-3-7-14(16)21)30-19(29)13-6-2-4-8-15(13)25-11-10-17(27)20(22,23)24/h2-12,25H,1H3,(H,26,28)/b11-10+. The van der Waals surface area contributed by atoms with Crippen LogP contribution in [-0.2, 0) is 14.3 Å². The fourth-order valence-corrected chi connectivity index (χ4v) is 2.35. The van der Waals surface area contributed by atoms with E-state index in [1.54, 1.807) is 24.3 Å². The second kappa shape index (κ2) is 9.93. The van der Waals surface area contributed by atoms with Gasteiger partial charge in [-0.25, -0.2) is 4.79 Å². The Labute approximate surface area is 174 Å². The lowest BCUT2D eigenvalue weighted by Gasteiger charge is -2.15. The van der Waals surface area contributed by atoms with E-state index in [0.717, 1.165) is 6.20 Å². The molecule has 0 saturated heterocycles. The number of allylic oxidation sites excluding steroid dienone is 1. The summed E-state index contributed by atoms with van der Waals surface area (Å²) in [7, 11) is 0. The van der Waals surface area contributed by atoms with E-state index in [1.807, 2.05) is 0 Å². The Morgan fingerprint density at radius 2 is 1.63 bits per heavy atom. The summed E-state index contributed by atoms with van der Waals surface area (Å²) >= 11 is 5.96. The molecule has 0 fully saturated rings. The number of hydrogen-bond acceptors (Lipinski definition) is 5. The lowest BCUT2D eigenvalue weighted by Crippen LogP contribution is -2.30. The third-order valence-electron chi connectivity index (χ3n) is 3.68. The summed E-state index contributed by atoms with van der Waals surface area (Å²) in [6.45, 7) is 1.35. The molecule has 158 valence electrons. The topological polar surface area (TPSA) is 84.5 Å². The Morgan fingerprint density at radius 1 is 1.03 bits per heavy atom. The monoisotopic (exact) mass is 440 g/mol. The van der Waals surface area contributed by atoms with E-state index in [0.29, 0.717) is 16.8 Å². The molecule has 0 aromatic heterocycles. The number of esters is 1. The van der Waals surface area contributed by atoms with Crippen LogP contribution in [0.2, 0.25) is 5.02 Å². The summed E-state index contributed by atoms with van der Waals surface area (Å²) in [6.07, 6.45) is -5.14. The van der Waals surface area contributed by atoms with Gasteiger partial charge in [0.2, 0.25) is 0 Å². The van der Waals surface area contributed by atoms with Crippen LogP contribution in [0.15, 0.2) is 60.8 Å². The summed E-state index contributed by atoms with van der Waals surface area (Å²) in [5.41, 5.74) is 0.389. The maximum atomic E-state index is 12.4. The van der Waals surface area contributed by atoms with E-state index < -0.39 is 29.9 Å². The van der Waals surface area contributed by atoms with Gasteiger partial charge in [0.05, 0.1) is 22.0 Å². The molecule has 0 saturated carbocycles. The normalized spacial score (nSPS) is 12.3. The Hall–Kier alpha value is -3.33. The number of halogens is 4. The molecule has 0 heterocycles. The average Bonchev–Trinajstić information content (AvgIpc) is 2.69. The second-order valence-electron chi connectivity index (χ2n) is 5.90. The first-order valence-corrected chi connectivity index (χ1v) is 8.87. The van der Waals surface area contributed by atoms with Crippen molar-refractivity contribution in [2.45, 2.75) is 19.2 Å². The van der Waals surface area contributed by atoms with Crippen molar-refractivity contribution in [3.05, 3.63) is 71.4 Å². The number of benzene rings is 2. The maximum Gasteiger partial charge on any atom is 0.454 e. The zero-order valence-corrected chi connectivity index (χ0v) is 16.3. The van der Waals surface area contributed by atoms with Gasteiger partial charge in [-0.05, 0) is 31.2 Å². The van der Waals surface area contributed by atoms with Crippen LogP contribution >= 0.6 is 11.6 Å².